The second-order valence-electron chi connectivity index (χ2n) is 5.93. The van der Waals surface area contributed by atoms with Crippen molar-refractivity contribution in [1.29, 1.82) is 0 Å². The summed E-state index contributed by atoms with van der Waals surface area (Å²) < 4.78 is 5.24. The summed E-state index contributed by atoms with van der Waals surface area (Å²) in [5.74, 6) is -1.11. The Morgan fingerprint density at radius 1 is 1.32 bits per heavy atom. The highest BCUT2D eigenvalue weighted by atomic mass is 35.5. The molecule has 1 aromatic rings. The highest BCUT2D eigenvalue weighted by molar-refractivity contribution is 6.46. The Hall–Kier alpha value is -1.24. The molecule has 9 heteroatoms. The zero-order valence-corrected chi connectivity index (χ0v) is 16.3. The number of esters is 1. The molecule has 0 saturated carbocycles. The largest absolute Gasteiger partial charge is 0.448 e. The van der Waals surface area contributed by atoms with E-state index in [0.29, 0.717) is 6.54 Å². The summed E-state index contributed by atoms with van der Waals surface area (Å²) in [5.41, 5.74) is 5.37. The van der Waals surface area contributed by atoms with Crippen LogP contribution in [0.2, 0.25) is 15.2 Å². The van der Waals surface area contributed by atoms with Crippen molar-refractivity contribution in [3.05, 3.63) is 20.9 Å². The number of nitrogens with two attached hydrogens (primary N) is 1. The number of carbonyl (C=O) groups is 2. The van der Waals surface area contributed by atoms with E-state index in [1.54, 1.807) is 4.90 Å². The van der Waals surface area contributed by atoms with E-state index in [1.807, 2.05) is 6.92 Å². The summed E-state index contributed by atoms with van der Waals surface area (Å²) in [4.78, 5) is 30.6. The van der Waals surface area contributed by atoms with Gasteiger partial charge in [0.1, 0.15) is 5.02 Å². The maximum Gasteiger partial charge on any atom is 0.359 e. The average molecular weight is 409 g/mol. The normalized spacial score (nSPS) is 18.8. The van der Waals surface area contributed by atoms with Crippen molar-refractivity contribution in [2.45, 2.75) is 51.7 Å². The number of piperidine rings is 1. The molecule has 2 N–H and O–H groups in total. The molecule has 2 atom stereocenters. The number of halogens is 3. The number of amides is 1. The third kappa shape index (κ3) is 4.30. The molecule has 2 rings (SSSR count). The van der Waals surface area contributed by atoms with Crippen molar-refractivity contribution < 1.29 is 14.3 Å². The first-order chi connectivity index (χ1) is 11.8. The number of rotatable bonds is 4. The first kappa shape index (κ1) is 20.1. The minimum Gasteiger partial charge on any atom is -0.448 e. The lowest BCUT2D eigenvalue weighted by molar-refractivity contribution is -0.143. The van der Waals surface area contributed by atoms with E-state index in [9.17, 15) is 9.59 Å². The summed E-state index contributed by atoms with van der Waals surface area (Å²) in [6, 6.07) is 0.171. The summed E-state index contributed by atoms with van der Waals surface area (Å²) >= 11 is 17.7. The van der Waals surface area contributed by atoms with Gasteiger partial charge in [0.25, 0.3) is 5.91 Å². The molecule has 2 heterocycles. The zero-order valence-electron chi connectivity index (χ0n) is 14.0. The van der Waals surface area contributed by atoms with E-state index in [-0.39, 0.29) is 38.5 Å². The molecule has 0 radical (unpaired) electrons. The molecule has 0 aromatic carbocycles. The zero-order chi connectivity index (χ0) is 18.7. The Morgan fingerprint density at radius 2 is 2.00 bits per heavy atom. The summed E-state index contributed by atoms with van der Waals surface area (Å²) in [7, 11) is 0. The fraction of sp³-hybridized carbons (Fsp3) is 0.562. The molecule has 1 aliphatic rings. The predicted molar refractivity (Wildman–Crippen MR) is 98.2 cm³/mol. The summed E-state index contributed by atoms with van der Waals surface area (Å²) in [6.07, 6.45) is 2.90. The van der Waals surface area contributed by atoms with Crippen LogP contribution in [0.3, 0.4) is 0 Å². The van der Waals surface area contributed by atoms with Crippen molar-refractivity contribution in [3.63, 3.8) is 0 Å². The van der Waals surface area contributed by atoms with Gasteiger partial charge in [0.05, 0.1) is 10.7 Å². The summed E-state index contributed by atoms with van der Waals surface area (Å²) in [5, 5.41) is -0.341. The Balaban J connectivity index is 2.13. The number of aromatic nitrogens is 1. The molecule has 25 heavy (non-hydrogen) atoms. The van der Waals surface area contributed by atoms with E-state index < -0.39 is 12.1 Å². The molecule has 138 valence electrons. The van der Waals surface area contributed by atoms with E-state index in [0.717, 1.165) is 25.7 Å². The van der Waals surface area contributed by atoms with Crippen LogP contribution in [0.5, 0.6) is 0 Å². The number of ether oxygens (including phenoxy) is 1. The Bertz CT molecular complexity index is 684. The predicted octanol–water partition coefficient (Wildman–Crippen LogP) is 3.96. The van der Waals surface area contributed by atoms with Crippen molar-refractivity contribution in [2.24, 2.45) is 0 Å². The number of carbonyl (C=O) groups excluding carboxylic acids is 2. The van der Waals surface area contributed by atoms with Gasteiger partial charge < -0.3 is 15.4 Å². The van der Waals surface area contributed by atoms with Gasteiger partial charge in [-0.15, -0.1) is 0 Å². The molecule has 1 aliphatic heterocycles. The van der Waals surface area contributed by atoms with Crippen molar-refractivity contribution in [2.75, 3.05) is 12.3 Å². The van der Waals surface area contributed by atoms with Crippen LogP contribution >= 0.6 is 34.8 Å². The number of anilines is 1. The van der Waals surface area contributed by atoms with Crippen molar-refractivity contribution >= 4 is 52.4 Å². The number of pyridine rings is 1. The Kier molecular flexibility index (Phi) is 6.77. The lowest BCUT2D eigenvalue weighted by atomic mass is 9.99. The van der Waals surface area contributed by atoms with Crippen molar-refractivity contribution in [3.8, 4) is 0 Å². The molecule has 1 amide bonds. The van der Waals surface area contributed by atoms with Crippen LogP contribution in [0.15, 0.2) is 0 Å². The Labute approximate surface area is 161 Å². The molecule has 0 bridgehead atoms. The second kappa shape index (κ2) is 8.43. The van der Waals surface area contributed by atoms with Gasteiger partial charge in [0, 0.05) is 12.6 Å². The maximum absolute atomic E-state index is 12.6. The first-order valence-corrected chi connectivity index (χ1v) is 9.22. The second-order valence-corrected chi connectivity index (χ2v) is 7.04. The fourth-order valence-electron chi connectivity index (χ4n) is 2.88. The number of nitrogens with zero attached hydrogens (tertiary/aromatic N) is 2. The Morgan fingerprint density at radius 3 is 2.64 bits per heavy atom. The SMILES string of the molecule is CC[C@H]1CCCCN1C(=O)[C@H](C)OC(=O)c1nc(Cl)c(Cl)c(N)c1Cl. The van der Waals surface area contributed by atoms with Crippen molar-refractivity contribution in [1.82, 2.24) is 9.88 Å². The summed E-state index contributed by atoms with van der Waals surface area (Å²) in [6.45, 7) is 4.23. The van der Waals surface area contributed by atoms with Gasteiger partial charge in [-0.25, -0.2) is 9.78 Å². The van der Waals surface area contributed by atoms with E-state index in [1.165, 1.54) is 6.92 Å². The molecular formula is C16H20Cl3N3O3. The third-order valence-corrected chi connectivity index (χ3v) is 5.41. The van der Waals surface area contributed by atoms with Crippen LogP contribution in [0, 0.1) is 0 Å². The van der Waals surface area contributed by atoms with Crippen LogP contribution in [0.25, 0.3) is 0 Å². The number of likely N-dealkylation sites (tertiary alicyclic amines) is 1. The smallest absolute Gasteiger partial charge is 0.359 e. The van der Waals surface area contributed by atoms with Crippen LogP contribution in [0.4, 0.5) is 5.69 Å². The molecule has 1 fully saturated rings. The highest BCUT2D eigenvalue weighted by Crippen LogP contribution is 2.34. The van der Waals surface area contributed by atoms with Gasteiger partial charge in [0.2, 0.25) is 0 Å². The molecule has 1 saturated heterocycles. The van der Waals surface area contributed by atoms with Gasteiger partial charge in [-0.1, -0.05) is 41.7 Å². The number of nitrogen functional groups attached to an aromatic ring is 1. The van der Waals surface area contributed by atoms with E-state index in [2.05, 4.69) is 4.98 Å². The quantitative estimate of drug-likeness (QED) is 0.602. The van der Waals surface area contributed by atoms with Crippen LogP contribution in [0.1, 0.15) is 50.0 Å². The molecular weight excluding hydrogens is 389 g/mol. The number of hydrogen-bond donors (Lipinski definition) is 1. The van der Waals surface area contributed by atoms with Gasteiger partial charge >= 0.3 is 5.97 Å². The van der Waals surface area contributed by atoms with Crippen LogP contribution in [-0.4, -0.2) is 40.5 Å². The van der Waals surface area contributed by atoms with Gasteiger partial charge in [-0.3, -0.25) is 4.79 Å². The van der Waals surface area contributed by atoms with E-state index >= 15 is 0 Å². The maximum atomic E-state index is 12.6. The molecule has 0 unspecified atom stereocenters. The van der Waals surface area contributed by atoms with Gasteiger partial charge in [-0.2, -0.15) is 0 Å². The van der Waals surface area contributed by atoms with Crippen LogP contribution < -0.4 is 5.73 Å². The lowest BCUT2D eigenvalue weighted by Crippen LogP contribution is -2.48. The first-order valence-electron chi connectivity index (χ1n) is 8.09. The van der Waals surface area contributed by atoms with E-state index in [4.69, 9.17) is 45.3 Å². The van der Waals surface area contributed by atoms with Crippen LogP contribution in [-0.2, 0) is 9.53 Å². The molecule has 0 aliphatic carbocycles. The molecule has 1 aromatic heterocycles. The fourth-order valence-corrected chi connectivity index (χ4v) is 3.47. The minimum atomic E-state index is -0.965. The highest BCUT2D eigenvalue weighted by Gasteiger charge is 2.31. The molecule has 0 spiro atoms. The third-order valence-electron chi connectivity index (χ3n) is 4.28. The molecule has 6 nitrogen and oxygen atoms in total. The lowest BCUT2D eigenvalue weighted by Gasteiger charge is -2.36. The topological polar surface area (TPSA) is 85.5 Å². The number of hydrogen-bond acceptors (Lipinski definition) is 5. The van der Waals surface area contributed by atoms with Gasteiger partial charge in [-0.05, 0) is 32.6 Å². The standard InChI is InChI=1S/C16H20Cl3N3O3/c1-3-9-6-4-5-7-22(9)15(23)8(2)25-16(24)13-10(17)12(20)11(18)14(19)21-13/h8-9H,3-7H2,1-2H3,(H2,20,21)/t8-,9-/m0/s1. The average Bonchev–Trinajstić information content (AvgIpc) is 2.61. The van der Waals surface area contributed by atoms with Gasteiger partial charge in [0.15, 0.2) is 17.0 Å². The minimum absolute atomic E-state index is 0.0357. The monoisotopic (exact) mass is 407 g/mol.